The molecule has 2 atom stereocenters. The van der Waals surface area contributed by atoms with Crippen molar-refractivity contribution in [2.75, 3.05) is 50.2 Å². The van der Waals surface area contributed by atoms with Gasteiger partial charge in [0.2, 0.25) is 5.12 Å². The lowest BCUT2D eigenvalue weighted by molar-refractivity contribution is -0.111. The predicted molar refractivity (Wildman–Crippen MR) is 160 cm³/mol. The number of aliphatic hydroxyl groups excluding tert-OH is 1. The Morgan fingerprint density at radius 1 is 1.08 bits per heavy atom. The van der Waals surface area contributed by atoms with Crippen molar-refractivity contribution in [2.45, 2.75) is 18.5 Å². The van der Waals surface area contributed by atoms with Crippen molar-refractivity contribution in [3.05, 3.63) is 9.75 Å². The molecule has 0 saturated heterocycles. The maximum absolute atomic E-state index is 12.8. The highest BCUT2D eigenvalue weighted by Crippen LogP contribution is 2.43. The summed E-state index contributed by atoms with van der Waals surface area (Å²) in [6, 6.07) is -0.749. The number of carbonyl (C=O) groups is 3. The van der Waals surface area contributed by atoms with E-state index in [1.165, 1.54) is 39.1 Å². The summed E-state index contributed by atoms with van der Waals surface area (Å²) in [4.78, 5) is 37.6. The van der Waals surface area contributed by atoms with E-state index in [0.29, 0.717) is 50.0 Å². The molecule has 2 rings (SSSR count). The van der Waals surface area contributed by atoms with Crippen molar-refractivity contribution in [2.24, 2.45) is 0 Å². The van der Waals surface area contributed by atoms with Crippen LogP contribution in [-0.4, -0.2) is 89.7 Å². The molecule has 0 radical (unpaired) electrons. The van der Waals surface area contributed by atoms with E-state index in [-0.39, 0.29) is 50.8 Å². The normalized spacial score (nSPS) is 14.4. The zero-order chi connectivity index (χ0) is 26.3. The van der Waals surface area contributed by atoms with Gasteiger partial charge in [-0.05, 0) is 16.3 Å². The average Bonchev–Trinajstić information content (AvgIpc) is 3.06. The molecule has 0 spiro atoms. The zero-order valence-corrected chi connectivity index (χ0v) is 24.9. The minimum absolute atomic E-state index is 0.0847. The van der Waals surface area contributed by atoms with E-state index in [1.807, 2.05) is 0 Å². The highest BCUT2D eigenvalue weighted by molar-refractivity contribution is 8.76. The molecule has 1 aromatic rings. The number of rotatable bonds is 17. The van der Waals surface area contributed by atoms with Crippen LogP contribution in [0, 0.1) is 0 Å². The first-order valence-corrected chi connectivity index (χ1v) is 16.4. The largest absolute Gasteiger partial charge is 0.488 e. The number of thiol groups is 2. The Labute approximate surface area is 242 Å². The van der Waals surface area contributed by atoms with Gasteiger partial charge in [-0.25, -0.2) is 4.72 Å². The number of hydrogen-bond donors (Lipinski definition) is 7. The highest BCUT2D eigenvalue weighted by Gasteiger charge is 2.30. The van der Waals surface area contributed by atoms with E-state index in [2.05, 4.69) is 45.3 Å². The summed E-state index contributed by atoms with van der Waals surface area (Å²) >= 11 is 15.0. The van der Waals surface area contributed by atoms with Gasteiger partial charge >= 0.3 is 0 Å². The number of thiophene rings is 1. The quantitative estimate of drug-likeness (QED) is 0.0442. The third-order valence-electron chi connectivity index (χ3n) is 4.30. The van der Waals surface area contributed by atoms with E-state index < -0.39 is 6.04 Å². The molecule has 1 aliphatic heterocycles. The number of aliphatic hydroxyl groups is 1. The van der Waals surface area contributed by atoms with Crippen molar-refractivity contribution in [3.63, 3.8) is 0 Å². The van der Waals surface area contributed by atoms with E-state index in [4.69, 9.17) is 26.8 Å². The van der Waals surface area contributed by atoms with E-state index in [9.17, 15) is 14.4 Å². The molecule has 0 saturated carbocycles. The van der Waals surface area contributed by atoms with Gasteiger partial charge in [0.1, 0.15) is 9.75 Å². The van der Waals surface area contributed by atoms with Gasteiger partial charge in [0.15, 0.2) is 11.5 Å². The predicted octanol–water partition coefficient (Wildman–Crippen LogP) is 1.61. The van der Waals surface area contributed by atoms with Crippen LogP contribution in [0.15, 0.2) is 0 Å². The van der Waals surface area contributed by atoms with Crippen LogP contribution >= 0.6 is 82.5 Å². The monoisotopic (exact) mass is 632 g/mol. The lowest BCUT2D eigenvalue weighted by Crippen LogP contribution is -2.33. The van der Waals surface area contributed by atoms with Crippen LogP contribution in [0.3, 0.4) is 0 Å². The number of carbonyl (C=O) groups excluding carboxylic acids is 3. The van der Waals surface area contributed by atoms with Crippen molar-refractivity contribution in [1.82, 2.24) is 20.1 Å². The molecule has 17 heteroatoms. The molecule has 36 heavy (non-hydrogen) atoms. The highest BCUT2D eigenvalue weighted by atomic mass is 33.1. The molecule has 0 fully saturated rings. The van der Waals surface area contributed by atoms with Crippen LogP contribution in [0.1, 0.15) is 25.8 Å². The summed E-state index contributed by atoms with van der Waals surface area (Å²) in [5, 5.41) is 15.9. The summed E-state index contributed by atoms with van der Waals surface area (Å²) in [6.07, 6.45) is 0.636. The summed E-state index contributed by atoms with van der Waals surface area (Å²) in [7, 11) is 2.81. The van der Waals surface area contributed by atoms with Gasteiger partial charge in [-0.15, -0.1) is 24.0 Å². The van der Waals surface area contributed by atoms with Gasteiger partial charge < -0.3 is 25.2 Å². The van der Waals surface area contributed by atoms with E-state index in [0.717, 1.165) is 11.3 Å². The number of ether oxygens (including phenoxy) is 2. The Morgan fingerprint density at radius 2 is 1.69 bits per heavy atom. The third kappa shape index (κ3) is 10.4. The summed E-state index contributed by atoms with van der Waals surface area (Å²) in [6.45, 7) is 1.40. The van der Waals surface area contributed by atoms with Gasteiger partial charge in [-0.2, -0.15) is 12.6 Å². The number of amides is 2. The second kappa shape index (κ2) is 18.0. The van der Waals surface area contributed by atoms with Crippen LogP contribution in [0.4, 0.5) is 0 Å². The molecular formula is C19H28N4O6S7. The first-order chi connectivity index (χ1) is 17.4. The lowest BCUT2D eigenvalue weighted by Gasteiger charge is -2.11. The van der Waals surface area contributed by atoms with Crippen molar-refractivity contribution in [3.8, 4) is 11.5 Å². The van der Waals surface area contributed by atoms with Crippen molar-refractivity contribution < 1.29 is 29.0 Å². The molecule has 0 unspecified atom stereocenters. The first kappa shape index (κ1) is 31.8. The smallest absolute Gasteiger partial charge is 0.265 e. The van der Waals surface area contributed by atoms with Gasteiger partial charge in [-0.3, -0.25) is 19.1 Å². The van der Waals surface area contributed by atoms with Crippen LogP contribution in [-0.2, 0) is 4.79 Å². The van der Waals surface area contributed by atoms with Crippen LogP contribution < -0.4 is 29.6 Å². The molecule has 5 N–H and O–H groups in total. The first-order valence-electron chi connectivity index (χ1n) is 10.7. The fraction of sp³-hybridized carbons (Fsp3) is 0.579. The molecule has 0 bridgehead atoms. The maximum Gasteiger partial charge on any atom is 0.265 e. The Hall–Kier alpha value is -0.370. The summed E-state index contributed by atoms with van der Waals surface area (Å²) in [5.41, 5.74) is 0. The topological polar surface area (TPSA) is 138 Å². The molecule has 0 aromatic carbocycles. The summed E-state index contributed by atoms with van der Waals surface area (Å²) in [5.74, 6) is 1.28. The van der Waals surface area contributed by atoms with Gasteiger partial charge in [0, 0.05) is 36.8 Å². The number of thiocarbonyl (C=S) groups is 1. The SMILES string of the molecule is O=C(NCCSN[C@@H](CS)C(=O)S)c1sc(C(=O)NCCSSN[C@@H](C=S)CO)c2c1OCCCO2. The molecule has 202 valence electrons. The lowest BCUT2D eigenvalue weighted by atomic mass is 10.3. The Kier molecular flexibility index (Phi) is 15.9. The van der Waals surface area contributed by atoms with Crippen LogP contribution in [0.25, 0.3) is 0 Å². The second-order valence-electron chi connectivity index (χ2n) is 6.97. The van der Waals surface area contributed by atoms with E-state index in [1.54, 1.807) is 0 Å². The van der Waals surface area contributed by atoms with Gasteiger partial charge in [0.05, 0.1) is 31.9 Å². The zero-order valence-electron chi connectivity index (χ0n) is 19.0. The van der Waals surface area contributed by atoms with E-state index >= 15 is 0 Å². The molecule has 1 aromatic heterocycles. The van der Waals surface area contributed by atoms with Gasteiger partial charge in [0.25, 0.3) is 11.8 Å². The maximum atomic E-state index is 12.8. The third-order valence-corrected chi connectivity index (χ3v) is 9.35. The number of hydrogen-bond acceptors (Lipinski definition) is 14. The Bertz CT molecular complexity index is 891. The standard InChI is InChI=1S/C19H28N4O6S7/c24-8-11(9-30)22-36-34-7-3-21-18(26)16-14-13(28-4-1-5-29-14)15(35-16)17(25)20-2-6-33-23-12(10-31)19(27)32/h9,11-12,22-24,31H,1-8,10H2,(H,20,25)(H,21,26)(H,27,32)/t11-,12+/m1/s1. The second-order valence-corrected chi connectivity index (χ2v) is 12.3. The van der Waals surface area contributed by atoms with Crippen LogP contribution in [0.2, 0.25) is 0 Å². The Balaban J connectivity index is 1.89. The van der Waals surface area contributed by atoms with Crippen LogP contribution in [0.5, 0.6) is 11.5 Å². The van der Waals surface area contributed by atoms with Crippen molar-refractivity contribution >= 4 is 105 Å². The van der Waals surface area contributed by atoms with Crippen molar-refractivity contribution in [1.29, 1.82) is 0 Å². The average molecular weight is 633 g/mol. The number of nitrogens with one attached hydrogen (secondary N) is 4. The summed E-state index contributed by atoms with van der Waals surface area (Å²) < 4.78 is 17.5. The number of fused-ring (bicyclic) bond motifs is 1. The Morgan fingerprint density at radius 3 is 2.22 bits per heavy atom. The fourth-order valence-corrected chi connectivity index (χ4v) is 6.94. The molecule has 1 aliphatic rings. The fourth-order valence-electron chi connectivity index (χ4n) is 2.52. The molecule has 2 amide bonds. The minimum atomic E-state index is -0.479. The molecule has 0 aliphatic carbocycles. The molecule has 10 nitrogen and oxygen atoms in total. The molecule has 2 heterocycles. The van der Waals surface area contributed by atoms with Gasteiger partial charge in [-0.1, -0.05) is 35.0 Å². The molecular weight excluding hydrogens is 605 g/mol. The minimum Gasteiger partial charge on any atom is -0.488 e.